The summed E-state index contributed by atoms with van der Waals surface area (Å²) >= 11 is 2.21. The van der Waals surface area contributed by atoms with Crippen LogP contribution in [0.1, 0.15) is 103 Å². The first-order chi connectivity index (χ1) is 19.2. The van der Waals surface area contributed by atoms with Crippen LogP contribution in [0.3, 0.4) is 0 Å². The topological polar surface area (TPSA) is 62.8 Å². The molecular formula is C32H51N3O3S. The number of carbonyl (C=O) groups is 1. The van der Waals surface area contributed by atoms with Crippen LogP contribution in [0.2, 0.25) is 0 Å². The Labute approximate surface area is 240 Å². The molecule has 4 fully saturated rings. The number of amides is 1. The van der Waals surface area contributed by atoms with Gasteiger partial charge in [-0.2, -0.15) is 11.8 Å². The standard InChI is InChI=1S/C32H51N3O3S/c1-37-26-14-16-27(17-15-26)38-24-31(36)35(30-22-33-34-32(30)20-10-6-3-7-11-21-32)23-28-18-19-29(39-28)25-12-8-4-2-5-9-13-25/h14-17,25,28-30,33-34H,2-13,18-24H2,1H3. The van der Waals surface area contributed by atoms with Gasteiger partial charge < -0.3 is 14.4 Å². The normalized spacial score (nSPS) is 28.3. The second-order valence-electron chi connectivity index (χ2n) is 12.4. The number of thioether (sulfide) groups is 1. The van der Waals surface area contributed by atoms with Crippen molar-refractivity contribution in [2.45, 2.75) is 125 Å². The Morgan fingerprint density at radius 3 is 2.23 bits per heavy atom. The Kier molecular flexibility index (Phi) is 10.8. The molecule has 218 valence electrons. The number of nitrogens with zero attached hydrogens (tertiary/aromatic N) is 1. The van der Waals surface area contributed by atoms with Gasteiger partial charge in [0.1, 0.15) is 11.5 Å². The van der Waals surface area contributed by atoms with Crippen molar-refractivity contribution in [1.82, 2.24) is 15.8 Å². The summed E-state index contributed by atoms with van der Waals surface area (Å²) in [7, 11) is 1.66. The quantitative estimate of drug-likeness (QED) is 0.381. The molecule has 0 bridgehead atoms. The maximum Gasteiger partial charge on any atom is 0.260 e. The largest absolute Gasteiger partial charge is 0.497 e. The summed E-state index contributed by atoms with van der Waals surface area (Å²) in [5.41, 5.74) is 7.17. The van der Waals surface area contributed by atoms with Crippen LogP contribution < -0.4 is 20.3 Å². The zero-order valence-electron chi connectivity index (χ0n) is 24.1. The summed E-state index contributed by atoms with van der Waals surface area (Å²) in [5, 5.41) is 1.30. The molecule has 2 saturated heterocycles. The van der Waals surface area contributed by atoms with Crippen LogP contribution in [0.15, 0.2) is 24.3 Å². The summed E-state index contributed by atoms with van der Waals surface area (Å²) in [6.45, 7) is 1.74. The number of methoxy groups -OCH3 is 1. The summed E-state index contributed by atoms with van der Waals surface area (Å²) in [6.07, 6.45) is 21.1. The van der Waals surface area contributed by atoms with E-state index in [1.165, 1.54) is 89.9 Å². The summed E-state index contributed by atoms with van der Waals surface area (Å²) in [6, 6.07) is 7.71. The molecule has 2 saturated carbocycles. The number of hydrogen-bond acceptors (Lipinski definition) is 6. The molecule has 6 nitrogen and oxygen atoms in total. The van der Waals surface area contributed by atoms with E-state index in [2.05, 4.69) is 27.5 Å². The van der Waals surface area contributed by atoms with E-state index >= 15 is 0 Å². The predicted octanol–water partition coefficient (Wildman–Crippen LogP) is 6.49. The van der Waals surface area contributed by atoms with E-state index in [1.807, 2.05) is 24.3 Å². The van der Waals surface area contributed by atoms with Crippen LogP contribution in [0.5, 0.6) is 11.5 Å². The Bertz CT molecular complexity index is 881. The van der Waals surface area contributed by atoms with Gasteiger partial charge in [0.25, 0.3) is 5.91 Å². The lowest BCUT2D eigenvalue weighted by Gasteiger charge is -2.43. The lowest BCUT2D eigenvalue weighted by molar-refractivity contribution is -0.137. The first-order valence-electron chi connectivity index (χ1n) is 15.9. The van der Waals surface area contributed by atoms with Crippen molar-refractivity contribution in [2.24, 2.45) is 5.92 Å². The first kappa shape index (κ1) is 29.1. The van der Waals surface area contributed by atoms with E-state index in [-0.39, 0.29) is 24.1 Å². The van der Waals surface area contributed by atoms with Gasteiger partial charge in [-0.25, -0.2) is 5.43 Å². The first-order valence-corrected chi connectivity index (χ1v) is 16.8. The third-order valence-electron chi connectivity index (χ3n) is 9.85. The molecule has 1 aromatic rings. The lowest BCUT2D eigenvalue weighted by Crippen LogP contribution is -2.59. The minimum Gasteiger partial charge on any atom is -0.497 e. The minimum absolute atomic E-state index is 0.0294. The average molecular weight is 558 g/mol. The van der Waals surface area contributed by atoms with Gasteiger partial charge >= 0.3 is 0 Å². The molecule has 3 atom stereocenters. The highest BCUT2D eigenvalue weighted by atomic mass is 32.2. The smallest absolute Gasteiger partial charge is 0.260 e. The van der Waals surface area contributed by atoms with Gasteiger partial charge in [-0.05, 0) is 68.7 Å². The number of hydrazine groups is 1. The number of rotatable bonds is 8. The van der Waals surface area contributed by atoms with Gasteiger partial charge in [0.2, 0.25) is 0 Å². The zero-order chi connectivity index (χ0) is 26.9. The second-order valence-corrected chi connectivity index (χ2v) is 14.0. The molecule has 1 amide bonds. The van der Waals surface area contributed by atoms with Gasteiger partial charge in [-0.1, -0.05) is 64.2 Å². The summed E-state index contributed by atoms with van der Waals surface area (Å²) in [4.78, 5) is 16.2. The van der Waals surface area contributed by atoms with Gasteiger partial charge in [-0.15, -0.1) is 0 Å². The number of ether oxygens (including phenoxy) is 2. The van der Waals surface area contributed by atoms with E-state index in [9.17, 15) is 4.79 Å². The average Bonchev–Trinajstić information content (AvgIpc) is 3.56. The number of nitrogens with one attached hydrogen (secondary N) is 2. The summed E-state index contributed by atoms with van der Waals surface area (Å²) in [5.74, 6) is 2.50. The van der Waals surface area contributed by atoms with Crippen molar-refractivity contribution in [2.75, 3.05) is 26.8 Å². The van der Waals surface area contributed by atoms with Crippen LogP contribution in [0.4, 0.5) is 0 Å². The maximum atomic E-state index is 14.0. The molecule has 2 N–H and O–H groups in total. The molecule has 2 heterocycles. The molecule has 5 rings (SSSR count). The van der Waals surface area contributed by atoms with E-state index in [1.54, 1.807) is 7.11 Å². The van der Waals surface area contributed by atoms with Crippen LogP contribution in [-0.4, -0.2) is 59.7 Å². The molecule has 4 aliphatic rings. The Morgan fingerprint density at radius 1 is 0.897 bits per heavy atom. The highest BCUT2D eigenvalue weighted by Gasteiger charge is 2.47. The highest BCUT2D eigenvalue weighted by Crippen LogP contribution is 2.43. The molecule has 1 spiro atoms. The molecular weight excluding hydrogens is 506 g/mol. The Hall–Kier alpha value is -1.44. The maximum absolute atomic E-state index is 14.0. The monoisotopic (exact) mass is 557 g/mol. The summed E-state index contributed by atoms with van der Waals surface area (Å²) < 4.78 is 11.3. The number of hydrogen-bond donors (Lipinski definition) is 2. The SMILES string of the molecule is COc1ccc(OCC(=O)N(CC2CCC(C3CCCCCCC3)S2)C2CNNC23CCCCCCC3)cc1. The number of carbonyl (C=O) groups excluding carboxylic acids is 1. The van der Waals surface area contributed by atoms with Crippen molar-refractivity contribution >= 4 is 17.7 Å². The third-order valence-corrected chi connectivity index (χ3v) is 11.6. The van der Waals surface area contributed by atoms with Crippen LogP contribution >= 0.6 is 11.8 Å². The Morgan fingerprint density at radius 2 is 1.54 bits per heavy atom. The molecule has 39 heavy (non-hydrogen) atoms. The second kappa shape index (κ2) is 14.5. The van der Waals surface area contributed by atoms with Crippen molar-refractivity contribution in [1.29, 1.82) is 0 Å². The molecule has 1 aromatic carbocycles. The van der Waals surface area contributed by atoms with E-state index < -0.39 is 0 Å². The van der Waals surface area contributed by atoms with Crippen molar-refractivity contribution < 1.29 is 14.3 Å². The van der Waals surface area contributed by atoms with E-state index in [0.717, 1.165) is 42.8 Å². The van der Waals surface area contributed by atoms with Crippen LogP contribution in [-0.2, 0) is 4.79 Å². The number of benzene rings is 1. The van der Waals surface area contributed by atoms with Gasteiger partial charge in [-0.3, -0.25) is 10.2 Å². The van der Waals surface area contributed by atoms with Crippen molar-refractivity contribution in [3.63, 3.8) is 0 Å². The Balaban J connectivity index is 1.28. The molecule has 2 aliphatic heterocycles. The minimum atomic E-state index is -0.0294. The fourth-order valence-electron chi connectivity index (χ4n) is 7.60. The molecule has 0 radical (unpaired) electrons. The van der Waals surface area contributed by atoms with Crippen molar-refractivity contribution in [3.05, 3.63) is 24.3 Å². The lowest BCUT2D eigenvalue weighted by atomic mass is 9.79. The van der Waals surface area contributed by atoms with E-state index in [0.29, 0.717) is 11.0 Å². The van der Waals surface area contributed by atoms with E-state index in [4.69, 9.17) is 9.47 Å². The molecule has 0 aromatic heterocycles. The van der Waals surface area contributed by atoms with Gasteiger partial charge in [0.15, 0.2) is 6.61 Å². The fraction of sp³-hybridized carbons (Fsp3) is 0.781. The molecule has 3 unspecified atom stereocenters. The van der Waals surface area contributed by atoms with Gasteiger partial charge in [0.05, 0.1) is 18.7 Å². The zero-order valence-corrected chi connectivity index (χ0v) is 25.0. The molecule has 7 heteroatoms. The van der Waals surface area contributed by atoms with Crippen molar-refractivity contribution in [3.8, 4) is 11.5 Å². The third kappa shape index (κ3) is 7.65. The van der Waals surface area contributed by atoms with Crippen LogP contribution in [0.25, 0.3) is 0 Å². The van der Waals surface area contributed by atoms with Crippen LogP contribution in [0, 0.1) is 5.92 Å². The fourth-order valence-corrected chi connectivity index (χ4v) is 9.38. The highest BCUT2D eigenvalue weighted by molar-refractivity contribution is 8.00. The van der Waals surface area contributed by atoms with Gasteiger partial charge in [0, 0.05) is 23.6 Å². The molecule has 2 aliphatic carbocycles. The predicted molar refractivity (Wildman–Crippen MR) is 160 cm³/mol.